The van der Waals surface area contributed by atoms with E-state index >= 15 is 0 Å². The van der Waals surface area contributed by atoms with E-state index in [0.717, 1.165) is 0 Å². The third-order valence-electron chi connectivity index (χ3n) is 3.52. The summed E-state index contributed by atoms with van der Waals surface area (Å²) in [4.78, 5) is 47.4. The van der Waals surface area contributed by atoms with Crippen molar-refractivity contribution in [1.82, 2.24) is 16.0 Å². The molecule has 0 aliphatic heterocycles. The first kappa shape index (κ1) is 24.1. The van der Waals surface area contributed by atoms with Gasteiger partial charge in [-0.05, 0) is 19.8 Å². The van der Waals surface area contributed by atoms with Crippen molar-refractivity contribution < 1.29 is 29.4 Å². The second-order valence-electron chi connectivity index (χ2n) is 6.33. The Kier molecular flexibility index (Phi) is 10.2. The normalized spacial score (nSPS) is 16.8. The SMILES string of the molecule is CC(N)C(=O)NC(C(=O)NC(CS)C(=O)NC(C(=O)O)C(C)O)C(C)C. The van der Waals surface area contributed by atoms with Crippen LogP contribution in [0.1, 0.15) is 27.7 Å². The minimum atomic E-state index is -1.53. The van der Waals surface area contributed by atoms with Gasteiger partial charge in [0.1, 0.15) is 12.1 Å². The van der Waals surface area contributed by atoms with Crippen molar-refractivity contribution in [2.75, 3.05) is 5.75 Å². The van der Waals surface area contributed by atoms with Crippen LogP contribution in [0.5, 0.6) is 0 Å². The van der Waals surface area contributed by atoms with E-state index < -0.39 is 54.0 Å². The van der Waals surface area contributed by atoms with Crippen LogP contribution >= 0.6 is 12.6 Å². The maximum Gasteiger partial charge on any atom is 0.328 e. The van der Waals surface area contributed by atoms with Gasteiger partial charge in [-0.1, -0.05) is 13.8 Å². The second kappa shape index (κ2) is 11.0. The minimum absolute atomic E-state index is 0.115. The number of amides is 3. The smallest absolute Gasteiger partial charge is 0.328 e. The largest absolute Gasteiger partial charge is 0.480 e. The molecule has 0 fully saturated rings. The Balaban J connectivity index is 5.10. The molecule has 0 rings (SSSR count). The zero-order valence-electron chi connectivity index (χ0n) is 15.2. The Morgan fingerprint density at radius 1 is 0.923 bits per heavy atom. The van der Waals surface area contributed by atoms with Gasteiger partial charge < -0.3 is 31.9 Å². The Morgan fingerprint density at radius 2 is 1.42 bits per heavy atom. The number of carboxylic acids is 1. The number of aliphatic hydroxyl groups is 1. The predicted octanol–water partition coefficient (Wildman–Crippen LogP) is -2.16. The van der Waals surface area contributed by atoms with Crippen LogP contribution in [0.4, 0.5) is 0 Å². The van der Waals surface area contributed by atoms with Crippen LogP contribution in [0.3, 0.4) is 0 Å². The second-order valence-corrected chi connectivity index (χ2v) is 6.69. The first-order chi connectivity index (χ1) is 11.9. The maximum atomic E-state index is 12.4. The van der Waals surface area contributed by atoms with Gasteiger partial charge in [-0.15, -0.1) is 0 Å². The highest BCUT2D eigenvalue weighted by atomic mass is 32.1. The summed E-state index contributed by atoms with van der Waals surface area (Å²) in [6.45, 7) is 6.09. The summed E-state index contributed by atoms with van der Waals surface area (Å²) in [5.41, 5.74) is 5.47. The van der Waals surface area contributed by atoms with Crippen molar-refractivity contribution in [3.63, 3.8) is 0 Å². The van der Waals surface area contributed by atoms with Crippen molar-refractivity contribution in [3.05, 3.63) is 0 Å². The van der Waals surface area contributed by atoms with E-state index in [1.807, 2.05) is 0 Å². The molecule has 0 aromatic rings. The summed E-state index contributed by atoms with van der Waals surface area (Å²) in [6, 6.07) is -4.42. The van der Waals surface area contributed by atoms with Gasteiger partial charge in [0.2, 0.25) is 17.7 Å². The van der Waals surface area contributed by atoms with Crippen LogP contribution in [0.15, 0.2) is 0 Å². The lowest BCUT2D eigenvalue weighted by atomic mass is 10.0. The molecule has 150 valence electrons. The third kappa shape index (κ3) is 7.58. The molecule has 3 amide bonds. The summed E-state index contributed by atoms with van der Waals surface area (Å²) in [5.74, 6) is -3.79. The zero-order valence-corrected chi connectivity index (χ0v) is 16.1. The zero-order chi connectivity index (χ0) is 20.6. The Morgan fingerprint density at radius 3 is 1.77 bits per heavy atom. The van der Waals surface area contributed by atoms with Gasteiger partial charge in [-0.3, -0.25) is 14.4 Å². The summed E-state index contributed by atoms with van der Waals surface area (Å²) in [6.07, 6.45) is -1.33. The van der Waals surface area contributed by atoms with Crippen LogP contribution < -0.4 is 21.7 Å². The average molecular weight is 392 g/mol. The Labute approximate surface area is 157 Å². The van der Waals surface area contributed by atoms with E-state index in [0.29, 0.717) is 0 Å². The number of thiol groups is 1. The molecule has 0 aliphatic rings. The first-order valence-corrected chi connectivity index (χ1v) is 8.74. The van der Waals surface area contributed by atoms with E-state index in [1.165, 1.54) is 13.8 Å². The van der Waals surface area contributed by atoms with Crippen LogP contribution in [0.25, 0.3) is 0 Å². The molecule has 0 radical (unpaired) electrons. The number of nitrogens with two attached hydrogens (primary N) is 1. The lowest BCUT2D eigenvalue weighted by molar-refractivity contribution is -0.145. The highest BCUT2D eigenvalue weighted by Crippen LogP contribution is 2.04. The molecule has 0 heterocycles. The van der Waals surface area contributed by atoms with E-state index in [4.69, 9.17) is 10.8 Å². The number of nitrogens with one attached hydrogen (secondary N) is 3. The molecule has 7 N–H and O–H groups in total. The van der Waals surface area contributed by atoms with Crippen LogP contribution in [-0.2, 0) is 19.2 Å². The molecule has 26 heavy (non-hydrogen) atoms. The number of rotatable bonds is 10. The number of aliphatic hydroxyl groups excluding tert-OH is 1. The van der Waals surface area contributed by atoms with E-state index in [1.54, 1.807) is 13.8 Å². The Bertz CT molecular complexity index is 526. The van der Waals surface area contributed by atoms with Gasteiger partial charge in [0.25, 0.3) is 0 Å². The van der Waals surface area contributed by atoms with Crippen molar-refractivity contribution in [2.24, 2.45) is 11.7 Å². The van der Waals surface area contributed by atoms with Crippen molar-refractivity contribution in [1.29, 1.82) is 0 Å². The third-order valence-corrected chi connectivity index (χ3v) is 3.89. The average Bonchev–Trinajstić information content (AvgIpc) is 2.53. The van der Waals surface area contributed by atoms with Crippen molar-refractivity contribution >= 4 is 36.3 Å². The number of carboxylic acid groups (broad SMARTS) is 1. The molecule has 0 bridgehead atoms. The van der Waals surface area contributed by atoms with Gasteiger partial charge >= 0.3 is 5.97 Å². The molecule has 10 nitrogen and oxygen atoms in total. The molecule has 5 unspecified atom stereocenters. The molecular weight excluding hydrogens is 364 g/mol. The molecule has 0 saturated heterocycles. The van der Waals surface area contributed by atoms with Crippen molar-refractivity contribution in [2.45, 2.75) is 58.0 Å². The Hall–Kier alpha value is -1.85. The number of carbonyl (C=O) groups excluding carboxylic acids is 3. The lowest BCUT2D eigenvalue weighted by Crippen LogP contribution is -2.59. The quantitative estimate of drug-likeness (QED) is 0.207. The monoisotopic (exact) mass is 392 g/mol. The van der Waals surface area contributed by atoms with E-state index in [-0.39, 0.29) is 11.7 Å². The molecule has 0 spiro atoms. The highest BCUT2D eigenvalue weighted by molar-refractivity contribution is 7.80. The molecule has 0 aromatic carbocycles. The number of aliphatic carboxylic acids is 1. The molecule has 11 heteroatoms. The number of hydrogen-bond donors (Lipinski definition) is 7. The lowest BCUT2D eigenvalue weighted by Gasteiger charge is -2.26. The van der Waals surface area contributed by atoms with Crippen LogP contribution in [0, 0.1) is 5.92 Å². The molecular formula is C15H28N4O6S. The van der Waals surface area contributed by atoms with E-state index in [2.05, 4.69) is 28.6 Å². The summed E-state index contributed by atoms with van der Waals surface area (Å²) >= 11 is 3.99. The summed E-state index contributed by atoms with van der Waals surface area (Å²) in [7, 11) is 0. The fourth-order valence-corrected chi connectivity index (χ4v) is 2.17. The summed E-state index contributed by atoms with van der Waals surface area (Å²) in [5, 5.41) is 25.5. The predicted molar refractivity (Wildman–Crippen MR) is 97.4 cm³/mol. The standard InChI is InChI=1S/C15H28N4O6S/c1-6(2)10(18-12(21)7(3)16)14(23)17-9(5-26)13(22)19-11(8(4)20)15(24)25/h6-11,20,26H,5,16H2,1-4H3,(H,17,23)(H,18,21)(H,19,22)(H,24,25). The first-order valence-electron chi connectivity index (χ1n) is 8.10. The van der Waals surface area contributed by atoms with Gasteiger partial charge in [0.15, 0.2) is 6.04 Å². The van der Waals surface area contributed by atoms with Gasteiger partial charge in [0, 0.05) is 5.75 Å². The molecule has 0 saturated carbocycles. The minimum Gasteiger partial charge on any atom is -0.480 e. The van der Waals surface area contributed by atoms with Gasteiger partial charge in [-0.25, -0.2) is 4.79 Å². The number of carbonyl (C=O) groups is 4. The topological polar surface area (TPSA) is 171 Å². The number of hydrogen-bond acceptors (Lipinski definition) is 7. The van der Waals surface area contributed by atoms with Crippen LogP contribution in [0.2, 0.25) is 0 Å². The molecule has 0 aliphatic carbocycles. The van der Waals surface area contributed by atoms with Gasteiger partial charge in [0.05, 0.1) is 12.1 Å². The van der Waals surface area contributed by atoms with Crippen molar-refractivity contribution in [3.8, 4) is 0 Å². The van der Waals surface area contributed by atoms with Gasteiger partial charge in [-0.2, -0.15) is 12.6 Å². The van der Waals surface area contributed by atoms with E-state index in [9.17, 15) is 24.3 Å². The maximum absolute atomic E-state index is 12.4. The summed E-state index contributed by atoms with van der Waals surface area (Å²) < 4.78 is 0. The van der Waals surface area contributed by atoms with Crippen LogP contribution in [-0.4, -0.2) is 69.9 Å². The molecule has 0 aromatic heterocycles. The highest BCUT2D eigenvalue weighted by Gasteiger charge is 2.31. The fourth-order valence-electron chi connectivity index (χ4n) is 1.92. The molecule has 5 atom stereocenters. The fraction of sp³-hybridized carbons (Fsp3) is 0.733.